The summed E-state index contributed by atoms with van der Waals surface area (Å²) in [5.74, 6) is 0.269. The largest absolute Gasteiger partial charge is 0.417 e. The normalized spacial score (nSPS) is 21.6. The number of carbonyl (C=O) groups is 1. The van der Waals surface area contributed by atoms with E-state index in [1.54, 1.807) is 4.90 Å². The highest BCUT2D eigenvalue weighted by Gasteiger charge is 2.35. The summed E-state index contributed by atoms with van der Waals surface area (Å²) < 4.78 is 63.5. The number of carbonyl (C=O) groups excluding carboxylic acids is 1. The van der Waals surface area contributed by atoms with Crippen LogP contribution in [0.5, 0.6) is 0 Å². The van der Waals surface area contributed by atoms with E-state index in [-0.39, 0.29) is 35.2 Å². The second kappa shape index (κ2) is 8.71. The molecular weight excluding hydrogens is 459 g/mol. The second-order valence-corrected chi connectivity index (χ2v) is 11.0. The lowest BCUT2D eigenvalue weighted by atomic mass is 10.0. The Hall–Kier alpha value is -2.47. The first-order valence-corrected chi connectivity index (χ1v) is 12.6. The van der Waals surface area contributed by atoms with Crippen LogP contribution in [0, 0.1) is 0 Å². The van der Waals surface area contributed by atoms with Gasteiger partial charge in [0.1, 0.15) is 0 Å². The third-order valence-corrected chi connectivity index (χ3v) is 7.95. The second-order valence-electron chi connectivity index (χ2n) is 8.80. The molecule has 2 aromatic rings. The van der Waals surface area contributed by atoms with Crippen molar-refractivity contribution < 1.29 is 26.4 Å². The Morgan fingerprint density at radius 1 is 1.12 bits per heavy atom. The molecule has 0 bridgehead atoms. The highest BCUT2D eigenvalue weighted by Crippen LogP contribution is 2.30. The van der Waals surface area contributed by atoms with Crippen LogP contribution < -0.4 is 0 Å². The van der Waals surface area contributed by atoms with Crippen LogP contribution in [0.2, 0.25) is 0 Å². The Morgan fingerprint density at radius 2 is 1.82 bits per heavy atom. The predicted molar refractivity (Wildman–Crippen MR) is 115 cm³/mol. The average Bonchev–Trinajstić information content (AvgIpc) is 3.36. The van der Waals surface area contributed by atoms with Gasteiger partial charge in [-0.05, 0) is 24.5 Å². The van der Waals surface area contributed by atoms with Gasteiger partial charge in [0.05, 0.1) is 34.5 Å². The van der Waals surface area contributed by atoms with Gasteiger partial charge in [0.2, 0.25) is 0 Å². The maximum Gasteiger partial charge on any atom is 0.417 e. The standard InChI is InChI=1S/C21H26F3N5O3S/c1-14(2)19-17(12-26-29(19)18-4-3-15(11-25-18)21(22,23)24)20(30)28-8-6-27(7-9-28)16-5-10-33(31,32)13-16/h3-4,11-12,14,16H,5-10,13H2,1-2H3. The molecule has 2 saturated heterocycles. The van der Waals surface area contributed by atoms with Crippen molar-refractivity contribution in [2.75, 3.05) is 37.7 Å². The highest BCUT2D eigenvalue weighted by atomic mass is 32.2. The Balaban J connectivity index is 1.50. The average molecular weight is 486 g/mol. The zero-order chi connectivity index (χ0) is 24.0. The number of pyridine rings is 1. The zero-order valence-corrected chi connectivity index (χ0v) is 19.2. The SMILES string of the molecule is CC(C)c1c(C(=O)N2CCN(C3CCS(=O)(=O)C3)CC2)cnn1-c1ccc(C(F)(F)F)cn1. The van der Waals surface area contributed by atoms with Crippen molar-refractivity contribution in [3.8, 4) is 5.82 Å². The van der Waals surface area contributed by atoms with Gasteiger partial charge >= 0.3 is 6.18 Å². The molecule has 0 radical (unpaired) electrons. The van der Waals surface area contributed by atoms with E-state index in [0.717, 1.165) is 12.3 Å². The van der Waals surface area contributed by atoms with E-state index in [0.29, 0.717) is 43.9 Å². The number of piperazine rings is 1. The molecule has 1 unspecified atom stereocenters. The Kier molecular flexibility index (Phi) is 6.25. The summed E-state index contributed by atoms with van der Waals surface area (Å²) in [6.07, 6.45) is -1.67. The third kappa shape index (κ3) is 4.91. The molecule has 12 heteroatoms. The van der Waals surface area contributed by atoms with Gasteiger partial charge < -0.3 is 4.90 Å². The fourth-order valence-electron chi connectivity index (χ4n) is 4.46. The van der Waals surface area contributed by atoms with Gasteiger partial charge in [-0.25, -0.2) is 18.1 Å². The van der Waals surface area contributed by atoms with Crippen LogP contribution in [0.1, 0.15) is 47.8 Å². The highest BCUT2D eigenvalue weighted by molar-refractivity contribution is 7.91. The molecule has 0 aromatic carbocycles. The summed E-state index contributed by atoms with van der Waals surface area (Å²) in [7, 11) is -2.97. The summed E-state index contributed by atoms with van der Waals surface area (Å²) in [4.78, 5) is 21.0. The van der Waals surface area contributed by atoms with Gasteiger partial charge in [0, 0.05) is 38.4 Å². The van der Waals surface area contributed by atoms with Crippen LogP contribution in [-0.4, -0.2) is 82.6 Å². The van der Waals surface area contributed by atoms with E-state index >= 15 is 0 Å². The number of hydrogen-bond acceptors (Lipinski definition) is 6. The van der Waals surface area contributed by atoms with Crippen molar-refractivity contribution in [1.82, 2.24) is 24.6 Å². The first-order chi connectivity index (χ1) is 15.5. The van der Waals surface area contributed by atoms with E-state index in [9.17, 15) is 26.4 Å². The molecule has 0 N–H and O–H groups in total. The third-order valence-electron chi connectivity index (χ3n) is 6.20. The molecule has 180 valence electrons. The summed E-state index contributed by atoms with van der Waals surface area (Å²) in [6.45, 7) is 5.89. The number of aromatic nitrogens is 3. The molecule has 2 aliphatic rings. The molecule has 2 fully saturated rings. The van der Waals surface area contributed by atoms with Crippen LogP contribution in [0.3, 0.4) is 0 Å². The molecule has 33 heavy (non-hydrogen) atoms. The maximum absolute atomic E-state index is 13.3. The first kappa shape index (κ1) is 23.7. The fraction of sp³-hybridized carbons (Fsp3) is 0.571. The lowest BCUT2D eigenvalue weighted by Gasteiger charge is -2.37. The first-order valence-electron chi connectivity index (χ1n) is 10.8. The Labute approximate surface area is 190 Å². The Morgan fingerprint density at radius 3 is 2.33 bits per heavy atom. The molecule has 4 heterocycles. The van der Waals surface area contributed by atoms with Gasteiger partial charge in [0.25, 0.3) is 5.91 Å². The van der Waals surface area contributed by atoms with Crippen molar-refractivity contribution in [3.63, 3.8) is 0 Å². The Bertz CT molecular complexity index is 1120. The molecule has 8 nitrogen and oxygen atoms in total. The molecule has 2 aromatic heterocycles. The van der Waals surface area contributed by atoms with Crippen molar-refractivity contribution in [2.24, 2.45) is 0 Å². The van der Waals surface area contributed by atoms with Gasteiger partial charge in [0.15, 0.2) is 15.7 Å². The molecule has 4 rings (SSSR count). The summed E-state index contributed by atoms with van der Waals surface area (Å²) in [6, 6.07) is 2.19. The maximum atomic E-state index is 13.3. The minimum atomic E-state index is -4.48. The molecule has 1 amide bonds. The number of amides is 1. The van der Waals surface area contributed by atoms with Crippen LogP contribution in [-0.2, 0) is 16.0 Å². The van der Waals surface area contributed by atoms with Gasteiger partial charge in [-0.3, -0.25) is 9.69 Å². The van der Waals surface area contributed by atoms with Crippen molar-refractivity contribution in [3.05, 3.63) is 41.3 Å². The number of nitrogens with zero attached hydrogens (tertiary/aromatic N) is 5. The molecule has 1 atom stereocenters. The number of hydrogen-bond donors (Lipinski definition) is 0. The fourth-order valence-corrected chi connectivity index (χ4v) is 6.23. The van der Waals surface area contributed by atoms with Crippen molar-refractivity contribution >= 4 is 15.7 Å². The molecule has 0 aliphatic carbocycles. The van der Waals surface area contributed by atoms with Gasteiger partial charge in [-0.15, -0.1) is 0 Å². The lowest BCUT2D eigenvalue weighted by Crippen LogP contribution is -2.52. The quantitative estimate of drug-likeness (QED) is 0.661. The van der Waals surface area contributed by atoms with Crippen molar-refractivity contribution in [1.29, 1.82) is 0 Å². The summed E-state index contributed by atoms with van der Waals surface area (Å²) in [5, 5.41) is 4.26. The molecule has 0 spiro atoms. The summed E-state index contributed by atoms with van der Waals surface area (Å²) >= 11 is 0. The topological polar surface area (TPSA) is 88.4 Å². The minimum absolute atomic E-state index is 0.00646. The number of halogens is 3. The molecule has 2 aliphatic heterocycles. The summed E-state index contributed by atoms with van der Waals surface area (Å²) in [5.41, 5.74) is 0.119. The van der Waals surface area contributed by atoms with Crippen LogP contribution >= 0.6 is 0 Å². The van der Waals surface area contributed by atoms with Crippen LogP contribution in [0.4, 0.5) is 13.2 Å². The van der Waals surface area contributed by atoms with E-state index < -0.39 is 21.6 Å². The zero-order valence-electron chi connectivity index (χ0n) is 18.4. The minimum Gasteiger partial charge on any atom is -0.336 e. The monoisotopic (exact) mass is 485 g/mol. The van der Waals surface area contributed by atoms with E-state index in [1.165, 1.54) is 16.9 Å². The van der Waals surface area contributed by atoms with E-state index in [1.807, 2.05) is 13.8 Å². The predicted octanol–water partition coefficient (Wildman–Crippen LogP) is 2.35. The van der Waals surface area contributed by atoms with E-state index in [2.05, 4.69) is 15.0 Å². The van der Waals surface area contributed by atoms with Gasteiger partial charge in [-0.2, -0.15) is 18.3 Å². The van der Waals surface area contributed by atoms with Gasteiger partial charge in [-0.1, -0.05) is 13.8 Å². The molecular formula is C21H26F3N5O3S. The van der Waals surface area contributed by atoms with Crippen LogP contribution in [0.25, 0.3) is 5.82 Å². The lowest BCUT2D eigenvalue weighted by molar-refractivity contribution is -0.137. The number of rotatable bonds is 4. The number of alkyl halides is 3. The van der Waals surface area contributed by atoms with E-state index in [4.69, 9.17) is 0 Å². The smallest absolute Gasteiger partial charge is 0.336 e. The van der Waals surface area contributed by atoms with Crippen LogP contribution in [0.15, 0.2) is 24.5 Å². The molecule has 0 saturated carbocycles. The number of sulfone groups is 1. The van der Waals surface area contributed by atoms with Crippen molar-refractivity contribution in [2.45, 2.75) is 38.4 Å².